The van der Waals surface area contributed by atoms with E-state index in [2.05, 4.69) is 38.6 Å². The maximum Gasteiger partial charge on any atom is 0.266 e. The molecule has 0 spiro atoms. The van der Waals surface area contributed by atoms with Gasteiger partial charge in [-0.1, -0.05) is 6.07 Å². The predicted molar refractivity (Wildman–Crippen MR) is 78.0 cm³/mol. The Hall–Kier alpha value is -2.04. The van der Waals surface area contributed by atoms with E-state index in [1.165, 1.54) is 30.5 Å². The molecule has 104 valence electrons. The number of piperidine rings is 1. The molecule has 2 aromatic rings. The Kier molecular flexibility index (Phi) is 2.83. The SMILES string of the molecule is c1cc2c(cc1-c1nc(N3CCCCC3)no1)NCC2. The van der Waals surface area contributed by atoms with Gasteiger partial charge in [0.1, 0.15) is 0 Å². The quantitative estimate of drug-likeness (QED) is 0.909. The summed E-state index contributed by atoms with van der Waals surface area (Å²) >= 11 is 0. The molecule has 3 heterocycles. The van der Waals surface area contributed by atoms with E-state index in [4.69, 9.17) is 4.52 Å². The molecule has 1 fully saturated rings. The Balaban J connectivity index is 1.61. The van der Waals surface area contributed by atoms with E-state index in [1.807, 2.05) is 0 Å². The van der Waals surface area contributed by atoms with Gasteiger partial charge in [-0.25, -0.2) is 0 Å². The standard InChI is InChI=1S/C15H18N4O/c1-2-8-19(9-3-1)15-17-14(20-18-15)12-5-4-11-6-7-16-13(11)10-12/h4-5,10,16H,1-3,6-9H2. The van der Waals surface area contributed by atoms with Crippen LogP contribution in [0, 0.1) is 0 Å². The van der Waals surface area contributed by atoms with Gasteiger partial charge in [-0.3, -0.25) is 0 Å². The maximum atomic E-state index is 5.43. The molecule has 0 radical (unpaired) electrons. The van der Waals surface area contributed by atoms with E-state index < -0.39 is 0 Å². The maximum absolute atomic E-state index is 5.43. The van der Waals surface area contributed by atoms with Crippen molar-refractivity contribution < 1.29 is 4.52 Å². The van der Waals surface area contributed by atoms with Crippen molar-refractivity contribution in [3.05, 3.63) is 23.8 Å². The number of fused-ring (bicyclic) bond motifs is 1. The number of benzene rings is 1. The summed E-state index contributed by atoms with van der Waals surface area (Å²) in [4.78, 5) is 6.76. The number of hydrogen-bond donors (Lipinski definition) is 1. The molecule has 2 aliphatic rings. The molecule has 0 atom stereocenters. The summed E-state index contributed by atoms with van der Waals surface area (Å²) in [6.45, 7) is 3.08. The highest BCUT2D eigenvalue weighted by atomic mass is 16.5. The fraction of sp³-hybridized carbons (Fsp3) is 0.467. The van der Waals surface area contributed by atoms with Gasteiger partial charge in [0, 0.05) is 30.9 Å². The number of nitrogens with one attached hydrogen (secondary N) is 1. The lowest BCUT2D eigenvalue weighted by molar-refractivity contribution is 0.426. The van der Waals surface area contributed by atoms with Crippen molar-refractivity contribution in [1.82, 2.24) is 10.1 Å². The van der Waals surface area contributed by atoms with E-state index in [-0.39, 0.29) is 0 Å². The molecule has 5 heteroatoms. The Morgan fingerprint density at radius 1 is 1.15 bits per heavy atom. The number of anilines is 2. The van der Waals surface area contributed by atoms with Gasteiger partial charge in [0.15, 0.2) is 0 Å². The molecule has 4 rings (SSSR count). The number of rotatable bonds is 2. The minimum absolute atomic E-state index is 0.613. The third-order valence-electron chi connectivity index (χ3n) is 4.12. The molecule has 20 heavy (non-hydrogen) atoms. The second kappa shape index (κ2) is 4.81. The summed E-state index contributed by atoms with van der Waals surface area (Å²) in [5.41, 5.74) is 3.55. The number of nitrogens with zero attached hydrogens (tertiary/aromatic N) is 3. The molecule has 5 nitrogen and oxygen atoms in total. The van der Waals surface area contributed by atoms with Gasteiger partial charge in [0.05, 0.1) is 0 Å². The summed E-state index contributed by atoms with van der Waals surface area (Å²) in [7, 11) is 0. The zero-order valence-corrected chi connectivity index (χ0v) is 11.4. The van der Waals surface area contributed by atoms with Crippen molar-refractivity contribution >= 4 is 11.6 Å². The molecule has 0 unspecified atom stereocenters. The molecule has 1 N–H and O–H groups in total. The highest BCUT2D eigenvalue weighted by molar-refractivity contribution is 5.67. The summed E-state index contributed by atoms with van der Waals surface area (Å²) in [6.07, 6.45) is 4.83. The monoisotopic (exact) mass is 270 g/mol. The normalized spacial score (nSPS) is 17.9. The smallest absolute Gasteiger partial charge is 0.266 e. The van der Waals surface area contributed by atoms with Crippen molar-refractivity contribution in [3.8, 4) is 11.5 Å². The molecule has 1 aromatic heterocycles. The van der Waals surface area contributed by atoms with Crippen LogP contribution in [0.1, 0.15) is 24.8 Å². The minimum Gasteiger partial charge on any atom is -0.384 e. The van der Waals surface area contributed by atoms with Crippen LogP contribution in [-0.4, -0.2) is 29.8 Å². The first kappa shape index (κ1) is 11.8. The van der Waals surface area contributed by atoms with Crippen molar-refractivity contribution in [2.75, 3.05) is 29.9 Å². The summed E-state index contributed by atoms with van der Waals surface area (Å²) < 4.78 is 5.43. The predicted octanol–water partition coefficient (Wildman–Crippen LogP) is 2.69. The number of hydrogen-bond acceptors (Lipinski definition) is 5. The Labute approximate surface area is 118 Å². The van der Waals surface area contributed by atoms with Gasteiger partial charge >= 0.3 is 0 Å². The first-order chi connectivity index (χ1) is 9.90. The highest BCUT2D eigenvalue weighted by Crippen LogP contribution is 2.29. The number of aromatic nitrogens is 2. The van der Waals surface area contributed by atoms with Crippen LogP contribution >= 0.6 is 0 Å². The van der Waals surface area contributed by atoms with E-state index in [0.29, 0.717) is 5.89 Å². The van der Waals surface area contributed by atoms with Gasteiger partial charge in [0.25, 0.3) is 11.8 Å². The van der Waals surface area contributed by atoms with Gasteiger partial charge in [0.2, 0.25) is 0 Å². The van der Waals surface area contributed by atoms with Crippen molar-refractivity contribution in [2.24, 2.45) is 0 Å². The minimum atomic E-state index is 0.613. The molecule has 1 aromatic carbocycles. The first-order valence-electron chi connectivity index (χ1n) is 7.36. The van der Waals surface area contributed by atoms with E-state index in [0.717, 1.165) is 37.6 Å². The fourth-order valence-electron chi connectivity index (χ4n) is 2.98. The lowest BCUT2D eigenvalue weighted by Gasteiger charge is -2.24. The van der Waals surface area contributed by atoms with Gasteiger partial charge in [-0.2, -0.15) is 4.98 Å². The summed E-state index contributed by atoms with van der Waals surface area (Å²) in [6, 6.07) is 6.32. The molecule has 0 aliphatic carbocycles. The average molecular weight is 270 g/mol. The van der Waals surface area contributed by atoms with Crippen LogP contribution in [0.2, 0.25) is 0 Å². The molecule has 0 amide bonds. The molecular formula is C15H18N4O. The van der Waals surface area contributed by atoms with Gasteiger partial charge in [-0.05, 0) is 48.5 Å². The van der Waals surface area contributed by atoms with Crippen LogP contribution < -0.4 is 10.2 Å². The zero-order chi connectivity index (χ0) is 13.4. The summed E-state index contributed by atoms with van der Waals surface area (Å²) in [5.74, 6) is 1.34. The second-order valence-corrected chi connectivity index (χ2v) is 5.50. The second-order valence-electron chi connectivity index (χ2n) is 5.50. The van der Waals surface area contributed by atoms with Gasteiger partial charge in [-0.15, -0.1) is 0 Å². The van der Waals surface area contributed by atoms with Crippen molar-refractivity contribution in [3.63, 3.8) is 0 Å². The third-order valence-corrected chi connectivity index (χ3v) is 4.12. The lowest BCUT2D eigenvalue weighted by atomic mass is 10.1. The molecule has 0 saturated carbocycles. The van der Waals surface area contributed by atoms with Crippen LogP contribution in [0.5, 0.6) is 0 Å². The van der Waals surface area contributed by atoms with Crippen molar-refractivity contribution in [1.29, 1.82) is 0 Å². The third kappa shape index (κ3) is 2.03. The Bertz CT molecular complexity index is 616. The zero-order valence-electron chi connectivity index (χ0n) is 11.4. The summed E-state index contributed by atoms with van der Waals surface area (Å²) in [5, 5.41) is 7.51. The highest BCUT2D eigenvalue weighted by Gasteiger charge is 2.18. The Morgan fingerprint density at radius 3 is 2.95 bits per heavy atom. The van der Waals surface area contributed by atoms with Crippen LogP contribution in [0.4, 0.5) is 11.6 Å². The topological polar surface area (TPSA) is 54.2 Å². The van der Waals surface area contributed by atoms with Crippen LogP contribution in [0.15, 0.2) is 22.7 Å². The van der Waals surface area contributed by atoms with Gasteiger partial charge < -0.3 is 14.7 Å². The molecular weight excluding hydrogens is 252 g/mol. The Morgan fingerprint density at radius 2 is 2.05 bits per heavy atom. The van der Waals surface area contributed by atoms with E-state index in [9.17, 15) is 0 Å². The lowest BCUT2D eigenvalue weighted by Crippen LogP contribution is -2.30. The van der Waals surface area contributed by atoms with Crippen LogP contribution in [0.3, 0.4) is 0 Å². The largest absolute Gasteiger partial charge is 0.384 e. The molecule has 0 bridgehead atoms. The average Bonchev–Trinajstić information content (AvgIpc) is 3.16. The van der Waals surface area contributed by atoms with Crippen LogP contribution in [-0.2, 0) is 6.42 Å². The first-order valence-corrected chi connectivity index (χ1v) is 7.36. The molecule has 2 aliphatic heterocycles. The molecule has 1 saturated heterocycles. The van der Waals surface area contributed by atoms with E-state index in [1.54, 1.807) is 0 Å². The van der Waals surface area contributed by atoms with Crippen molar-refractivity contribution in [2.45, 2.75) is 25.7 Å². The van der Waals surface area contributed by atoms with E-state index >= 15 is 0 Å². The van der Waals surface area contributed by atoms with Crippen LogP contribution in [0.25, 0.3) is 11.5 Å². The fourth-order valence-corrected chi connectivity index (χ4v) is 2.98.